The molecule has 9 nitrogen and oxygen atoms in total. The van der Waals surface area contributed by atoms with E-state index >= 15 is 0 Å². The second-order valence-electron chi connectivity index (χ2n) is 10.6. The summed E-state index contributed by atoms with van der Waals surface area (Å²) in [5.74, 6) is -0.630. The Kier molecular flexibility index (Phi) is 6.72. The number of thiazole rings is 1. The van der Waals surface area contributed by atoms with E-state index in [0.29, 0.717) is 27.3 Å². The number of aromatic nitrogens is 3. The zero-order valence-electron chi connectivity index (χ0n) is 23.0. The third-order valence-electron chi connectivity index (χ3n) is 6.66. The molecule has 206 valence electrons. The normalized spacial score (nSPS) is 11.8. The fourth-order valence-electron chi connectivity index (χ4n) is 4.66. The van der Waals surface area contributed by atoms with Crippen LogP contribution in [0, 0.1) is 11.3 Å². The fraction of sp³-hybridized carbons (Fsp3) is 0.125. The van der Waals surface area contributed by atoms with E-state index in [2.05, 4.69) is 21.6 Å². The molecule has 1 amide bonds. The first-order valence-corrected chi connectivity index (χ1v) is 14.0. The maximum Gasteiger partial charge on any atom is 0.260 e. The lowest BCUT2D eigenvalue weighted by molar-refractivity contribution is 0.102. The van der Waals surface area contributed by atoms with Gasteiger partial charge in [-0.3, -0.25) is 4.79 Å². The number of nitrogens with zero attached hydrogens (tertiary/aromatic N) is 6. The first-order chi connectivity index (χ1) is 20.2. The Balaban J connectivity index is 1.51. The van der Waals surface area contributed by atoms with E-state index in [1.54, 1.807) is 30.3 Å². The molecule has 0 aliphatic heterocycles. The lowest BCUT2D eigenvalue weighted by atomic mass is 9.90. The van der Waals surface area contributed by atoms with Gasteiger partial charge >= 0.3 is 0 Å². The molecule has 0 radical (unpaired) electrons. The van der Waals surface area contributed by atoms with Crippen molar-refractivity contribution >= 4 is 55.4 Å². The van der Waals surface area contributed by atoms with Gasteiger partial charge in [0.1, 0.15) is 17.3 Å². The minimum absolute atomic E-state index is 0.0708. The van der Waals surface area contributed by atoms with Gasteiger partial charge in [-0.1, -0.05) is 86.7 Å². The molecule has 0 saturated heterocycles. The highest BCUT2D eigenvalue weighted by Crippen LogP contribution is 2.40. The molecule has 2 N–H and O–H groups in total. The lowest BCUT2D eigenvalue weighted by Gasteiger charge is -2.14. The molecule has 0 atom stereocenters. The van der Waals surface area contributed by atoms with E-state index in [0.717, 1.165) is 10.2 Å². The number of nitriles is 1. The van der Waals surface area contributed by atoms with Crippen molar-refractivity contribution in [3.63, 3.8) is 0 Å². The van der Waals surface area contributed by atoms with Crippen LogP contribution in [0.5, 0.6) is 5.75 Å². The van der Waals surface area contributed by atoms with Crippen LogP contribution < -0.4 is 5.32 Å². The van der Waals surface area contributed by atoms with Crippen molar-refractivity contribution in [1.82, 2.24) is 14.8 Å². The van der Waals surface area contributed by atoms with Crippen LogP contribution in [0.15, 0.2) is 95.2 Å². The molecule has 6 aromatic rings. The van der Waals surface area contributed by atoms with Gasteiger partial charge in [-0.25, -0.2) is 4.98 Å². The second-order valence-corrected chi connectivity index (χ2v) is 11.7. The number of para-hydroxylation sites is 2. The monoisotopic (exact) mass is 571 g/mol. The Bertz CT molecular complexity index is 2010. The van der Waals surface area contributed by atoms with Crippen LogP contribution in [0.3, 0.4) is 0 Å². The standard InChI is InChI=1S/C32H25N7O2S/c1-32(2,3)28-22(18-33)29(39(38-28)31-35-23-15-9-10-16-25(23)42-31)37-36-24-17-19-11-7-8-14-21(19)26(27(24)40)30(41)34-20-12-5-4-6-13-20/h4-17,40H,1-3H3,(H,34,41). The first-order valence-electron chi connectivity index (χ1n) is 13.2. The van der Waals surface area contributed by atoms with Crippen molar-refractivity contribution in [3.05, 3.63) is 102 Å². The largest absolute Gasteiger partial charge is 0.505 e. The number of phenols is 1. The molecule has 0 unspecified atom stereocenters. The van der Waals surface area contributed by atoms with Crippen molar-refractivity contribution in [1.29, 1.82) is 5.26 Å². The minimum Gasteiger partial charge on any atom is -0.505 e. The van der Waals surface area contributed by atoms with E-state index in [9.17, 15) is 15.2 Å². The maximum atomic E-state index is 13.4. The molecule has 2 heterocycles. The van der Waals surface area contributed by atoms with Crippen molar-refractivity contribution in [2.75, 3.05) is 5.32 Å². The summed E-state index contributed by atoms with van der Waals surface area (Å²) in [6, 6.07) is 27.8. The number of hydrogen-bond donors (Lipinski definition) is 2. The van der Waals surface area contributed by atoms with E-state index < -0.39 is 11.3 Å². The first kappa shape index (κ1) is 26.8. The van der Waals surface area contributed by atoms with Crippen LogP contribution in [-0.2, 0) is 5.41 Å². The van der Waals surface area contributed by atoms with Gasteiger partial charge in [0, 0.05) is 11.1 Å². The summed E-state index contributed by atoms with van der Waals surface area (Å²) in [6.45, 7) is 5.89. The topological polar surface area (TPSA) is 129 Å². The lowest BCUT2D eigenvalue weighted by Crippen LogP contribution is -2.14. The minimum atomic E-state index is -0.487. The zero-order chi connectivity index (χ0) is 29.4. The molecule has 6 rings (SSSR count). The van der Waals surface area contributed by atoms with E-state index in [-0.39, 0.29) is 28.4 Å². The summed E-state index contributed by atoms with van der Waals surface area (Å²) in [6.07, 6.45) is 0. The van der Waals surface area contributed by atoms with Gasteiger partial charge in [-0.15, -0.1) is 10.2 Å². The van der Waals surface area contributed by atoms with Gasteiger partial charge in [-0.2, -0.15) is 15.0 Å². The van der Waals surface area contributed by atoms with E-state index in [1.807, 2.05) is 75.4 Å². The van der Waals surface area contributed by atoms with Crippen LogP contribution >= 0.6 is 11.3 Å². The number of rotatable bonds is 5. The Morgan fingerprint density at radius 2 is 1.71 bits per heavy atom. The number of fused-ring (bicyclic) bond motifs is 2. The summed E-state index contributed by atoms with van der Waals surface area (Å²) >= 11 is 1.42. The quantitative estimate of drug-likeness (QED) is 0.202. The van der Waals surface area contributed by atoms with Crippen molar-refractivity contribution in [2.45, 2.75) is 26.2 Å². The van der Waals surface area contributed by atoms with Gasteiger partial charge in [0.2, 0.25) is 5.13 Å². The van der Waals surface area contributed by atoms with Crippen molar-refractivity contribution in [2.24, 2.45) is 10.2 Å². The Morgan fingerprint density at radius 1 is 1.00 bits per heavy atom. The maximum absolute atomic E-state index is 13.4. The van der Waals surface area contributed by atoms with E-state index in [1.165, 1.54) is 16.0 Å². The third-order valence-corrected chi connectivity index (χ3v) is 7.67. The Hall–Kier alpha value is -5.40. The zero-order valence-corrected chi connectivity index (χ0v) is 23.8. The molecule has 0 aliphatic rings. The average molecular weight is 572 g/mol. The second kappa shape index (κ2) is 10.5. The molecule has 4 aromatic carbocycles. The fourth-order valence-corrected chi connectivity index (χ4v) is 5.58. The average Bonchev–Trinajstić information content (AvgIpc) is 3.58. The number of azo groups is 1. The van der Waals surface area contributed by atoms with Crippen LogP contribution in [0.4, 0.5) is 17.2 Å². The molecule has 0 bridgehead atoms. The molecule has 42 heavy (non-hydrogen) atoms. The van der Waals surface area contributed by atoms with Crippen LogP contribution in [0.2, 0.25) is 0 Å². The number of phenolic OH excluding ortho intramolecular Hbond substituents is 1. The number of anilines is 1. The Morgan fingerprint density at radius 3 is 2.45 bits per heavy atom. The van der Waals surface area contributed by atoms with Crippen molar-refractivity contribution < 1.29 is 9.90 Å². The summed E-state index contributed by atoms with van der Waals surface area (Å²) in [4.78, 5) is 18.1. The number of hydrogen-bond acceptors (Lipinski definition) is 8. The summed E-state index contributed by atoms with van der Waals surface area (Å²) in [7, 11) is 0. The SMILES string of the molecule is CC(C)(C)c1nn(-c2nc3ccccc3s2)c(N=Nc2cc3ccccc3c(C(=O)Nc3ccccc3)c2O)c1C#N. The molecule has 0 aliphatic carbocycles. The molecular formula is C32H25N7O2S. The van der Waals surface area contributed by atoms with Gasteiger partial charge in [-0.05, 0) is 41.1 Å². The number of carbonyl (C=O) groups excluding carboxylic acids is 1. The van der Waals surface area contributed by atoms with Crippen LogP contribution in [0.1, 0.15) is 42.4 Å². The summed E-state index contributed by atoms with van der Waals surface area (Å²) in [5.41, 5.74) is 1.87. The number of aromatic hydroxyl groups is 1. The number of nitrogens with one attached hydrogen (secondary N) is 1. The highest BCUT2D eigenvalue weighted by atomic mass is 32.1. The molecular weight excluding hydrogens is 546 g/mol. The predicted molar refractivity (Wildman–Crippen MR) is 164 cm³/mol. The summed E-state index contributed by atoms with van der Waals surface area (Å²) < 4.78 is 2.48. The molecule has 0 spiro atoms. The van der Waals surface area contributed by atoms with Gasteiger partial charge in [0.15, 0.2) is 11.6 Å². The van der Waals surface area contributed by atoms with Crippen LogP contribution in [-0.4, -0.2) is 25.8 Å². The smallest absolute Gasteiger partial charge is 0.260 e. The number of carbonyl (C=O) groups is 1. The van der Waals surface area contributed by atoms with Gasteiger partial charge < -0.3 is 10.4 Å². The van der Waals surface area contributed by atoms with Crippen LogP contribution in [0.25, 0.3) is 26.1 Å². The highest BCUT2D eigenvalue weighted by Gasteiger charge is 2.29. The highest BCUT2D eigenvalue weighted by molar-refractivity contribution is 7.20. The molecule has 0 saturated carbocycles. The van der Waals surface area contributed by atoms with Crippen molar-refractivity contribution in [3.8, 4) is 17.0 Å². The van der Waals surface area contributed by atoms with E-state index in [4.69, 9.17) is 10.1 Å². The molecule has 10 heteroatoms. The molecule has 2 aromatic heterocycles. The van der Waals surface area contributed by atoms with Gasteiger partial charge in [0.05, 0.1) is 21.5 Å². The predicted octanol–water partition coefficient (Wildman–Crippen LogP) is 8.18. The number of amides is 1. The summed E-state index contributed by atoms with van der Waals surface area (Å²) in [5, 5.41) is 39.8. The van der Waals surface area contributed by atoms with Gasteiger partial charge in [0.25, 0.3) is 5.91 Å². The third kappa shape index (κ3) is 4.87. The number of benzene rings is 4. The molecule has 0 fully saturated rings. The Labute approximate surface area is 245 Å².